The molecule has 5 aromatic carbocycles. The Balaban J connectivity index is 1.61. The summed E-state index contributed by atoms with van der Waals surface area (Å²) in [6.07, 6.45) is 0. The SMILES string of the molecule is Brc1cc(-n2c3ccccc3c3cc(-c4ccccc4)ccc32)c2oc3ccccc3c2c1. The van der Waals surface area contributed by atoms with Crippen LogP contribution in [0.4, 0.5) is 0 Å². The van der Waals surface area contributed by atoms with Gasteiger partial charge in [0.1, 0.15) is 5.58 Å². The van der Waals surface area contributed by atoms with Crippen LogP contribution in [0.1, 0.15) is 0 Å². The molecule has 0 aliphatic rings. The van der Waals surface area contributed by atoms with Crippen LogP contribution in [0.5, 0.6) is 0 Å². The lowest BCUT2D eigenvalue weighted by molar-refractivity contribution is 0.666. The molecule has 3 heteroatoms. The van der Waals surface area contributed by atoms with Crippen LogP contribution >= 0.6 is 15.9 Å². The van der Waals surface area contributed by atoms with Crippen LogP contribution in [0.3, 0.4) is 0 Å². The van der Waals surface area contributed by atoms with E-state index in [1.165, 1.54) is 21.9 Å². The number of halogens is 1. The molecule has 0 bridgehead atoms. The van der Waals surface area contributed by atoms with Crippen molar-refractivity contribution < 1.29 is 4.42 Å². The first-order valence-electron chi connectivity index (χ1n) is 11.0. The molecule has 0 spiro atoms. The van der Waals surface area contributed by atoms with Gasteiger partial charge in [-0.25, -0.2) is 0 Å². The van der Waals surface area contributed by atoms with Gasteiger partial charge in [-0.15, -0.1) is 0 Å². The van der Waals surface area contributed by atoms with Gasteiger partial charge >= 0.3 is 0 Å². The fourth-order valence-electron chi connectivity index (χ4n) is 4.98. The van der Waals surface area contributed by atoms with Crippen molar-refractivity contribution in [2.75, 3.05) is 0 Å². The first-order chi connectivity index (χ1) is 16.3. The quantitative estimate of drug-likeness (QED) is 0.237. The molecular weight excluding hydrogens is 470 g/mol. The van der Waals surface area contributed by atoms with E-state index in [0.717, 1.165) is 43.1 Å². The first-order valence-corrected chi connectivity index (χ1v) is 11.8. The molecule has 7 aromatic rings. The van der Waals surface area contributed by atoms with Crippen molar-refractivity contribution in [3.05, 3.63) is 114 Å². The van der Waals surface area contributed by atoms with Crippen LogP contribution in [-0.2, 0) is 0 Å². The molecule has 33 heavy (non-hydrogen) atoms. The Morgan fingerprint density at radius 2 is 1.27 bits per heavy atom. The number of hydrogen-bond donors (Lipinski definition) is 0. The molecule has 2 heterocycles. The van der Waals surface area contributed by atoms with Gasteiger partial charge in [0, 0.05) is 26.0 Å². The molecule has 0 aliphatic carbocycles. The average Bonchev–Trinajstić information content (AvgIpc) is 3.40. The van der Waals surface area contributed by atoms with Gasteiger partial charge in [-0.05, 0) is 47.5 Å². The lowest BCUT2D eigenvalue weighted by Crippen LogP contribution is -1.94. The van der Waals surface area contributed by atoms with Crippen LogP contribution < -0.4 is 0 Å². The number of para-hydroxylation sites is 2. The number of rotatable bonds is 2. The Hall–Kier alpha value is -3.82. The standard InChI is InChI=1S/C30H18BrNO/c31-21-17-25-23-11-5-7-13-29(23)33-30(25)28(18-21)32-26-12-6-4-10-22(26)24-16-20(14-15-27(24)32)19-8-2-1-3-9-19/h1-18H. The number of aromatic nitrogens is 1. The van der Waals surface area contributed by atoms with E-state index in [9.17, 15) is 0 Å². The third kappa shape index (κ3) is 2.79. The lowest BCUT2D eigenvalue weighted by atomic mass is 10.0. The van der Waals surface area contributed by atoms with Gasteiger partial charge in [0.15, 0.2) is 5.58 Å². The van der Waals surface area contributed by atoms with E-state index in [1.807, 2.05) is 12.1 Å². The molecular formula is C30H18BrNO. The predicted octanol–water partition coefficient (Wildman–Crippen LogP) is 9.11. The fourth-order valence-corrected chi connectivity index (χ4v) is 5.43. The molecule has 156 valence electrons. The van der Waals surface area contributed by atoms with Crippen LogP contribution in [0, 0.1) is 0 Å². The maximum atomic E-state index is 6.41. The first kappa shape index (κ1) is 18.7. The number of nitrogens with zero attached hydrogens (tertiary/aromatic N) is 1. The summed E-state index contributed by atoms with van der Waals surface area (Å²) in [6, 6.07) is 38.4. The van der Waals surface area contributed by atoms with Crippen LogP contribution in [0.2, 0.25) is 0 Å². The zero-order valence-corrected chi connectivity index (χ0v) is 19.2. The van der Waals surface area contributed by atoms with Gasteiger partial charge < -0.3 is 8.98 Å². The molecule has 0 radical (unpaired) electrons. The highest BCUT2D eigenvalue weighted by molar-refractivity contribution is 9.10. The summed E-state index contributed by atoms with van der Waals surface area (Å²) in [4.78, 5) is 0. The Morgan fingerprint density at radius 1 is 0.545 bits per heavy atom. The number of furan rings is 1. The molecule has 0 unspecified atom stereocenters. The Morgan fingerprint density at radius 3 is 2.15 bits per heavy atom. The Bertz CT molecular complexity index is 1830. The minimum Gasteiger partial charge on any atom is -0.454 e. The highest BCUT2D eigenvalue weighted by Crippen LogP contribution is 2.40. The molecule has 0 saturated heterocycles. The molecule has 2 nitrogen and oxygen atoms in total. The van der Waals surface area contributed by atoms with Crippen LogP contribution in [-0.4, -0.2) is 4.57 Å². The van der Waals surface area contributed by atoms with E-state index in [2.05, 4.69) is 118 Å². The van der Waals surface area contributed by atoms with E-state index in [-0.39, 0.29) is 0 Å². The van der Waals surface area contributed by atoms with E-state index in [0.29, 0.717) is 0 Å². The molecule has 0 saturated carbocycles. The second-order valence-electron chi connectivity index (χ2n) is 8.35. The van der Waals surface area contributed by atoms with Crippen molar-refractivity contribution in [2.24, 2.45) is 0 Å². The van der Waals surface area contributed by atoms with Gasteiger partial charge in [-0.1, -0.05) is 88.7 Å². The van der Waals surface area contributed by atoms with Crippen LogP contribution in [0.15, 0.2) is 118 Å². The summed E-state index contributed by atoms with van der Waals surface area (Å²) < 4.78 is 9.77. The summed E-state index contributed by atoms with van der Waals surface area (Å²) in [5.74, 6) is 0. The number of benzene rings is 5. The predicted molar refractivity (Wildman–Crippen MR) is 141 cm³/mol. The second kappa shape index (κ2) is 7.09. The molecule has 0 fully saturated rings. The molecule has 0 amide bonds. The van der Waals surface area contributed by atoms with Crippen molar-refractivity contribution in [1.82, 2.24) is 4.57 Å². The average molecular weight is 488 g/mol. The molecule has 7 rings (SSSR count). The van der Waals surface area contributed by atoms with Gasteiger partial charge in [-0.2, -0.15) is 0 Å². The summed E-state index contributed by atoms with van der Waals surface area (Å²) in [5, 5.41) is 4.70. The molecule has 2 aromatic heterocycles. The monoisotopic (exact) mass is 487 g/mol. The smallest absolute Gasteiger partial charge is 0.159 e. The third-order valence-corrected chi connectivity index (χ3v) is 6.90. The minimum atomic E-state index is 0.897. The maximum Gasteiger partial charge on any atom is 0.159 e. The molecule has 0 N–H and O–H groups in total. The molecule has 0 aliphatic heterocycles. The largest absolute Gasteiger partial charge is 0.454 e. The Labute approximate surface area is 198 Å². The number of fused-ring (bicyclic) bond motifs is 6. The van der Waals surface area contributed by atoms with Crippen LogP contribution in [0.25, 0.3) is 60.6 Å². The van der Waals surface area contributed by atoms with E-state index < -0.39 is 0 Å². The van der Waals surface area contributed by atoms with Gasteiger partial charge in [0.05, 0.1) is 16.7 Å². The highest BCUT2D eigenvalue weighted by atomic mass is 79.9. The third-order valence-electron chi connectivity index (χ3n) is 6.44. The highest BCUT2D eigenvalue weighted by Gasteiger charge is 2.18. The van der Waals surface area contributed by atoms with Crippen molar-refractivity contribution >= 4 is 59.7 Å². The van der Waals surface area contributed by atoms with Gasteiger partial charge in [0.25, 0.3) is 0 Å². The summed E-state index contributed by atoms with van der Waals surface area (Å²) in [6.45, 7) is 0. The zero-order chi connectivity index (χ0) is 21.9. The lowest BCUT2D eigenvalue weighted by Gasteiger charge is -2.10. The van der Waals surface area contributed by atoms with Gasteiger partial charge in [-0.3, -0.25) is 0 Å². The van der Waals surface area contributed by atoms with E-state index in [4.69, 9.17) is 4.42 Å². The summed E-state index contributed by atoms with van der Waals surface area (Å²) in [7, 11) is 0. The van der Waals surface area contributed by atoms with Crippen molar-refractivity contribution in [2.45, 2.75) is 0 Å². The van der Waals surface area contributed by atoms with E-state index in [1.54, 1.807) is 0 Å². The van der Waals surface area contributed by atoms with Crippen molar-refractivity contribution in [3.63, 3.8) is 0 Å². The number of hydrogen-bond acceptors (Lipinski definition) is 1. The fraction of sp³-hybridized carbons (Fsp3) is 0. The summed E-state index contributed by atoms with van der Waals surface area (Å²) in [5.41, 5.74) is 7.60. The molecule has 0 atom stereocenters. The normalized spacial score (nSPS) is 11.8. The van der Waals surface area contributed by atoms with Crippen molar-refractivity contribution in [1.29, 1.82) is 0 Å². The van der Waals surface area contributed by atoms with Crippen molar-refractivity contribution in [3.8, 4) is 16.8 Å². The topological polar surface area (TPSA) is 18.1 Å². The zero-order valence-electron chi connectivity index (χ0n) is 17.6. The maximum absolute atomic E-state index is 6.41. The Kier molecular flexibility index (Phi) is 4.02. The van der Waals surface area contributed by atoms with Gasteiger partial charge in [0.2, 0.25) is 0 Å². The summed E-state index contributed by atoms with van der Waals surface area (Å²) >= 11 is 3.75. The minimum absolute atomic E-state index is 0.897. The van der Waals surface area contributed by atoms with E-state index >= 15 is 0 Å². The second-order valence-corrected chi connectivity index (χ2v) is 9.27.